The van der Waals surface area contributed by atoms with Gasteiger partial charge in [0.1, 0.15) is 5.82 Å². The summed E-state index contributed by atoms with van der Waals surface area (Å²) in [5.74, 6) is -0.947. The molecule has 5 nitrogen and oxygen atoms in total. The summed E-state index contributed by atoms with van der Waals surface area (Å²) in [6.45, 7) is 3.03. The van der Waals surface area contributed by atoms with Gasteiger partial charge in [-0.1, -0.05) is 29.8 Å². The molecule has 2 unspecified atom stereocenters. The normalized spacial score (nSPS) is 14.1. The van der Waals surface area contributed by atoms with Gasteiger partial charge in [-0.15, -0.1) is 0 Å². The molecule has 0 aliphatic carbocycles. The van der Waals surface area contributed by atoms with E-state index in [4.69, 9.17) is 9.92 Å². The van der Waals surface area contributed by atoms with Gasteiger partial charge in [-0.3, -0.25) is 8.98 Å². The van der Waals surface area contributed by atoms with E-state index < -0.39 is 33.9 Å². The molecule has 0 amide bonds. The molecule has 2 aromatic rings. The summed E-state index contributed by atoms with van der Waals surface area (Å²) in [5, 5.41) is 0. The maximum atomic E-state index is 13.3. The highest BCUT2D eigenvalue weighted by Gasteiger charge is 2.30. The van der Waals surface area contributed by atoms with Gasteiger partial charge in [0.2, 0.25) is 0 Å². The lowest BCUT2D eigenvalue weighted by atomic mass is 10.00. The highest BCUT2D eigenvalue weighted by Crippen LogP contribution is 2.18. The molecule has 0 saturated heterocycles. The first kappa shape index (κ1) is 19.2. The summed E-state index contributed by atoms with van der Waals surface area (Å²) in [6.07, 6.45) is -1.25. The van der Waals surface area contributed by atoms with E-state index in [-0.39, 0.29) is 11.3 Å². The van der Waals surface area contributed by atoms with Crippen molar-refractivity contribution in [1.29, 1.82) is 0 Å². The van der Waals surface area contributed by atoms with Crippen molar-refractivity contribution >= 4 is 15.9 Å². The monoisotopic (exact) mass is 365 g/mol. The van der Waals surface area contributed by atoms with Gasteiger partial charge < -0.3 is 5.73 Å². The summed E-state index contributed by atoms with van der Waals surface area (Å²) >= 11 is 0. The molecule has 0 aromatic heterocycles. The zero-order valence-corrected chi connectivity index (χ0v) is 14.8. The number of rotatable bonds is 7. The molecule has 0 aliphatic rings. The molecule has 2 atom stereocenters. The van der Waals surface area contributed by atoms with E-state index in [1.54, 1.807) is 18.2 Å². The number of Topliss-reactive ketones (excluding diaryl/α,β-unsaturated/α-hetero) is 1. The smallest absolute Gasteiger partial charge is 0.297 e. The van der Waals surface area contributed by atoms with Gasteiger partial charge in [-0.25, -0.2) is 4.39 Å². The van der Waals surface area contributed by atoms with Gasteiger partial charge in [0.05, 0.1) is 4.90 Å². The van der Waals surface area contributed by atoms with Crippen LogP contribution in [0.2, 0.25) is 0 Å². The number of carbonyl (C=O) groups excluding carboxylic acids is 1. The zero-order chi connectivity index (χ0) is 18.6. The minimum Gasteiger partial charge on any atom is -0.325 e. The SMILES string of the molecule is CC(=O)C(OS(=O)(=O)c1ccc(C)cc1)C(N)Cc1cccc(F)c1. The molecular weight excluding hydrogens is 345 g/mol. The Morgan fingerprint density at radius 2 is 1.84 bits per heavy atom. The topological polar surface area (TPSA) is 86.5 Å². The molecule has 2 rings (SSSR count). The molecule has 0 fully saturated rings. The molecule has 134 valence electrons. The van der Waals surface area contributed by atoms with Crippen molar-refractivity contribution in [2.45, 2.75) is 37.3 Å². The zero-order valence-electron chi connectivity index (χ0n) is 14.0. The van der Waals surface area contributed by atoms with Gasteiger partial charge in [-0.2, -0.15) is 8.42 Å². The van der Waals surface area contributed by atoms with Crippen molar-refractivity contribution in [2.24, 2.45) is 5.73 Å². The third-order valence-electron chi connectivity index (χ3n) is 3.69. The Morgan fingerprint density at radius 3 is 2.40 bits per heavy atom. The average Bonchev–Trinajstić information content (AvgIpc) is 2.52. The van der Waals surface area contributed by atoms with Crippen LogP contribution in [-0.4, -0.2) is 26.3 Å². The fourth-order valence-corrected chi connectivity index (χ4v) is 3.51. The summed E-state index contributed by atoms with van der Waals surface area (Å²) in [6, 6.07) is 10.9. The lowest BCUT2D eigenvalue weighted by Gasteiger charge is -2.21. The first-order chi connectivity index (χ1) is 11.7. The van der Waals surface area contributed by atoms with Crippen molar-refractivity contribution in [3.63, 3.8) is 0 Å². The Labute approximate surface area is 146 Å². The van der Waals surface area contributed by atoms with E-state index in [0.717, 1.165) is 5.56 Å². The summed E-state index contributed by atoms with van der Waals surface area (Å²) < 4.78 is 43.1. The molecule has 0 heterocycles. The van der Waals surface area contributed by atoms with Crippen LogP contribution in [0.15, 0.2) is 53.4 Å². The van der Waals surface area contributed by atoms with Crippen LogP contribution in [0.5, 0.6) is 0 Å². The predicted molar refractivity (Wildman–Crippen MR) is 92.0 cm³/mol. The second kappa shape index (κ2) is 7.86. The molecule has 2 N–H and O–H groups in total. The number of hydrogen-bond acceptors (Lipinski definition) is 5. The average molecular weight is 365 g/mol. The minimum atomic E-state index is -4.14. The maximum Gasteiger partial charge on any atom is 0.297 e. The quantitative estimate of drug-likeness (QED) is 0.761. The van der Waals surface area contributed by atoms with Crippen molar-refractivity contribution in [2.75, 3.05) is 0 Å². The van der Waals surface area contributed by atoms with E-state index in [0.29, 0.717) is 5.56 Å². The Morgan fingerprint density at radius 1 is 1.20 bits per heavy atom. The van der Waals surface area contributed by atoms with Gasteiger partial charge in [0.25, 0.3) is 10.1 Å². The minimum absolute atomic E-state index is 0.0534. The third kappa shape index (κ3) is 5.19. The van der Waals surface area contributed by atoms with E-state index >= 15 is 0 Å². The Bertz CT molecular complexity index is 850. The Balaban J connectivity index is 2.19. The van der Waals surface area contributed by atoms with Crippen molar-refractivity contribution < 1.29 is 21.8 Å². The van der Waals surface area contributed by atoms with E-state index in [1.165, 1.54) is 37.3 Å². The number of ketones is 1. The summed E-state index contributed by atoms with van der Waals surface area (Å²) in [5.41, 5.74) is 7.42. The molecule has 0 spiro atoms. The predicted octanol–water partition coefficient (Wildman–Crippen LogP) is 2.37. The number of hydrogen-bond donors (Lipinski definition) is 1. The first-order valence-corrected chi connectivity index (χ1v) is 9.10. The molecule has 0 aliphatic heterocycles. The van der Waals surface area contributed by atoms with Crippen molar-refractivity contribution in [1.82, 2.24) is 0 Å². The molecule has 2 aromatic carbocycles. The molecule has 0 radical (unpaired) electrons. The van der Waals surface area contributed by atoms with Gasteiger partial charge in [0, 0.05) is 6.04 Å². The summed E-state index contributed by atoms with van der Waals surface area (Å²) in [7, 11) is -4.14. The van der Waals surface area contributed by atoms with E-state index in [9.17, 15) is 17.6 Å². The highest BCUT2D eigenvalue weighted by atomic mass is 32.2. The van der Waals surface area contributed by atoms with Crippen LogP contribution in [0.25, 0.3) is 0 Å². The van der Waals surface area contributed by atoms with Crippen LogP contribution in [0, 0.1) is 12.7 Å². The fourth-order valence-electron chi connectivity index (χ4n) is 2.38. The second-order valence-corrected chi connectivity index (χ2v) is 7.46. The number of carbonyl (C=O) groups is 1. The Hall–Kier alpha value is -2.09. The van der Waals surface area contributed by atoms with Crippen LogP contribution in [0.3, 0.4) is 0 Å². The number of aryl methyl sites for hydroxylation is 1. The van der Waals surface area contributed by atoms with Gasteiger partial charge in [0.15, 0.2) is 11.9 Å². The number of halogens is 1. The van der Waals surface area contributed by atoms with Gasteiger partial charge in [-0.05, 0) is 50.1 Å². The lowest BCUT2D eigenvalue weighted by molar-refractivity contribution is -0.124. The largest absolute Gasteiger partial charge is 0.325 e. The van der Waals surface area contributed by atoms with Crippen LogP contribution >= 0.6 is 0 Å². The fraction of sp³-hybridized carbons (Fsp3) is 0.278. The molecule has 0 saturated carbocycles. The highest BCUT2D eigenvalue weighted by molar-refractivity contribution is 7.86. The van der Waals surface area contributed by atoms with E-state index in [1.807, 2.05) is 6.92 Å². The van der Waals surface area contributed by atoms with Crippen LogP contribution in [0.4, 0.5) is 4.39 Å². The maximum absolute atomic E-state index is 13.3. The van der Waals surface area contributed by atoms with E-state index in [2.05, 4.69) is 0 Å². The number of benzene rings is 2. The molecule has 25 heavy (non-hydrogen) atoms. The second-order valence-electron chi connectivity index (χ2n) is 5.89. The standard InChI is InChI=1S/C18H20FNO4S/c1-12-6-8-16(9-7-12)25(22,23)24-18(13(2)21)17(20)11-14-4-3-5-15(19)10-14/h3-10,17-18H,11,20H2,1-2H3. The summed E-state index contributed by atoms with van der Waals surface area (Å²) in [4.78, 5) is 11.8. The molecule has 0 bridgehead atoms. The van der Waals surface area contributed by atoms with Crippen LogP contribution in [0.1, 0.15) is 18.1 Å². The van der Waals surface area contributed by atoms with Crippen molar-refractivity contribution in [3.05, 3.63) is 65.5 Å². The third-order valence-corrected chi connectivity index (χ3v) is 5.00. The van der Waals surface area contributed by atoms with Crippen molar-refractivity contribution in [3.8, 4) is 0 Å². The molecular formula is C18H20FNO4S. The number of nitrogens with two attached hydrogens (primary N) is 1. The van der Waals surface area contributed by atoms with Gasteiger partial charge >= 0.3 is 0 Å². The first-order valence-electron chi connectivity index (χ1n) is 7.69. The van der Waals surface area contributed by atoms with Crippen LogP contribution in [-0.2, 0) is 25.5 Å². The van der Waals surface area contributed by atoms with Crippen LogP contribution < -0.4 is 5.73 Å². The Kier molecular flexibility index (Phi) is 6.05. The molecule has 7 heteroatoms. The lowest BCUT2D eigenvalue weighted by Crippen LogP contribution is -2.44.